The number of carbonyl (C=O) groups is 1. The molecule has 2 aromatic carbocycles. The van der Waals surface area contributed by atoms with Gasteiger partial charge in [0.05, 0.1) is 17.6 Å². The van der Waals surface area contributed by atoms with Gasteiger partial charge in [-0.3, -0.25) is 0 Å². The number of hydrogen-bond donors (Lipinski definition) is 1. The molecule has 0 spiro atoms. The van der Waals surface area contributed by atoms with E-state index >= 15 is 0 Å². The Labute approximate surface area is 136 Å². The Morgan fingerprint density at radius 2 is 1.70 bits per heavy atom. The Bertz CT molecular complexity index is 755. The molecule has 2 aromatic rings. The number of sulfonamides is 1. The van der Waals surface area contributed by atoms with E-state index in [9.17, 15) is 13.2 Å². The van der Waals surface area contributed by atoms with Gasteiger partial charge in [-0.15, -0.1) is 0 Å². The molecular formula is C17H19NO4S. The number of methoxy groups -OCH3 is 1. The van der Waals surface area contributed by atoms with Crippen LogP contribution in [0.1, 0.15) is 35.3 Å². The third-order valence-corrected chi connectivity index (χ3v) is 4.98. The minimum absolute atomic E-state index is 0.111. The molecular weight excluding hydrogens is 314 g/mol. The molecule has 0 fully saturated rings. The first-order valence-corrected chi connectivity index (χ1v) is 8.72. The van der Waals surface area contributed by atoms with Crippen molar-refractivity contribution in [3.8, 4) is 0 Å². The van der Waals surface area contributed by atoms with Gasteiger partial charge in [0.15, 0.2) is 0 Å². The molecule has 1 unspecified atom stereocenters. The van der Waals surface area contributed by atoms with E-state index in [-0.39, 0.29) is 10.9 Å². The van der Waals surface area contributed by atoms with Gasteiger partial charge in [-0.2, -0.15) is 0 Å². The summed E-state index contributed by atoms with van der Waals surface area (Å²) < 4.78 is 32.3. The molecule has 23 heavy (non-hydrogen) atoms. The van der Waals surface area contributed by atoms with Gasteiger partial charge in [0.1, 0.15) is 0 Å². The van der Waals surface area contributed by atoms with Crippen LogP contribution in [0.15, 0.2) is 59.5 Å². The van der Waals surface area contributed by atoms with Crippen molar-refractivity contribution in [2.75, 3.05) is 7.11 Å². The lowest BCUT2D eigenvalue weighted by Crippen LogP contribution is -2.28. The summed E-state index contributed by atoms with van der Waals surface area (Å²) >= 11 is 0. The highest BCUT2D eigenvalue weighted by molar-refractivity contribution is 7.89. The van der Waals surface area contributed by atoms with E-state index in [1.54, 1.807) is 0 Å². The maximum atomic E-state index is 12.5. The lowest BCUT2D eigenvalue weighted by molar-refractivity contribution is 0.0600. The summed E-state index contributed by atoms with van der Waals surface area (Å²) in [6.45, 7) is 1.92. The summed E-state index contributed by atoms with van der Waals surface area (Å²) in [7, 11) is -2.39. The molecule has 0 saturated heterocycles. The zero-order valence-corrected chi connectivity index (χ0v) is 13.8. The zero-order valence-electron chi connectivity index (χ0n) is 13.0. The van der Waals surface area contributed by atoms with E-state index < -0.39 is 16.0 Å². The minimum Gasteiger partial charge on any atom is -0.465 e. The molecule has 0 amide bonds. The van der Waals surface area contributed by atoms with Crippen LogP contribution >= 0.6 is 0 Å². The summed E-state index contributed by atoms with van der Waals surface area (Å²) in [6, 6.07) is 14.8. The molecule has 1 N–H and O–H groups in total. The predicted octanol–water partition coefficient (Wildman–Crippen LogP) is 2.90. The number of rotatable bonds is 6. The van der Waals surface area contributed by atoms with E-state index in [4.69, 9.17) is 0 Å². The minimum atomic E-state index is -3.67. The Hall–Kier alpha value is -2.18. The maximum Gasteiger partial charge on any atom is 0.337 e. The highest BCUT2D eigenvalue weighted by Crippen LogP contribution is 2.20. The van der Waals surface area contributed by atoms with Gasteiger partial charge in [0.2, 0.25) is 10.0 Å². The first kappa shape index (κ1) is 17.2. The van der Waals surface area contributed by atoms with Crippen LogP contribution in [0.5, 0.6) is 0 Å². The average molecular weight is 333 g/mol. The van der Waals surface area contributed by atoms with Crippen molar-refractivity contribution in [3.05, 3.63) is 65.7 Å². The van der Waals surface area contributed by atoms with Crippen LogP contribution < -0.4 is 4.72 Å². The lowest BCUT2D eigenvalue weighted by atomic mass is 10.1. The molecule has 0 bridgehead atoms. The second-order valence-electron chi connectivity index (χ2n) is 5.01. The molecule has 1 atom stereocenters. The van der Waals surface area contributed by atoms with Crippen LogP contribution in [-0.2, 0) is 14.8 Å². The lowest BCUT2D eigenvalue weighted by Gasteiger charge is -2.17. The fourth-order valence-electron chi connectivity index (χ4n) is 2.22. The average Bonchev–Trinajstić information content (AvgIpc) is 2.60. The van der Waals surface area contributed by atoms with Gasteiger partial charge in [-0.1, -0.05) is 37.3 Å². The molecule has 6 heteroatoms. The normalized spacial score (nSPS) is 12.6. The molecule has 0 aliphatic rings. The van der Waals surface area contributed by atoms with E-state index in [0.29, 0.717) is 12.0 Å². The smallest absolute Gasteiger partial charge is 0.337 e. The van der Waals surface area contributed by atoms with Crippen molar-refractivity contribution < 1.29 is 17.9 Å². The third kappa shape index (κ3) is 4.18. The number of ether oxygens (including phenoxy) is 1. The standard InChI is InChI=1S/C17H19NO4S/c1-3-16(13-7-5-4-6-8-13)18-23(20,21)15-11-9-14(10-12-15)17(19)22-2/h4-12,16,18H,3H2,1-2H3. The predicted molar refractivity (Wildman–Crippen MR) is 87.6 cm³/mol. The molecule has 2 rings (SSSR count). The Morgan fingerprint density at radius 3 is 2.22 bits per heavy atom. The number of carbonyl (C=O) groups excluding carboxylic acids is 1. The first-order chi connectivity index (χ1) is 11.0. The van der Waals surface area contributed by atoms with Crippen molar-refractivity contribution in [3.63, 3.8) is 0 Å². The largest absolute Gasteiger partial charge is 0.465 e. The molecule has 122 valence electrons. The van der Waals surface area contributed by atoms with Crippen molar-refractivity contribution >= 4 is 16.0 Å². The fourth-order valence-corrected chi connectivity index (χ4v) is 3.52. The Balaban J connectivity index is 2.22. The Morgan fingerprint density at radius 1 is 1.09 bits per heavy atom. The fraction of sp³-hybridized carbons (Fsp3) is 0.235. The van der Waals surface area contributed by atoms with E-state index in [0.717, 1.165) is 5.56 Å². The summed E-state index contributed by atoms with van der Waals surface area (Å²) in [5, 5.41) is 0. The van der Waals surface area contributed by atoms with Crippen LogP contribution in [0.4, 0.5) is 0 Å². The molecule has 0 saturated carbocycles. The highest BCUT2D eigenvalue weighted by Gasteiger charge is 2.20. The number of benzene rings is 2. The van der Waals surface area contributed by atoms with Gasteiger partial charge in [0.25, 0.3) is 0 Å². The van der Waals surface area contributed by atoms with Crippen LogP contribution in [0.3, 0.4) is 0 Å². The van der Waals surface area contributed by atoms with Gasteiger partial charge in [0, 0.05) is 6.04 Å². The van der Waals surface area contributed by atoms with E-state index in [1.807, 2.05) is 37.3 Å². The van der Waals surface area contributed by atoms with Crippen LogP contribution in [0, 0.1) is 0 Å². The van der Waals surface area contributed by atoms with Gasteiger partial charge < -0.3 is 4.74 Å². The second kappa shape index (κ2) is 7.39. The quantitative estimate of drug-likeness (QED) is 0.825. The molecule has 5 nitrogen and oxygen atoms in total. The number of esters is 1. The van der Waals surface area contributed by atoms with Gasteiger partial charge >= 0.3 is 5.97 Å². The van der Waals surface area contributed by atoms with Crippen LogP contribution in [0.25, 0.3) is 0 Å². The maximum absolute atomic E-state index is 12.5. The summed E-state index contributed by atoms with van der Waals surface area (Å²) in [6.07, 6.45) is 0.628. The topological polar surface area (TPSA) is 72.5 Å². The van der Waals surface area contributed by atoms with Crippen molar-refractivity contribution in [2.45, 2.75) is 24.3 Å². The summed E-state index contributed by atoms with van der Waals surface area (Å²) in [5.74, 6) is -0.502. The number of hydrogen-bond acceptors (Lipinski definition) is 4. The monoisotopic (exact) mass is 333 g/mol. The molecule has 0 heterocycles. The van der Waals surface area contributed by atoms with Gasteiger partial charge in [-0.25, -0.2) is 17.9 Å². The number of nitrogens with one attached hydrogen (secondary N) is 1. The summed E-state index contributed by atoms with van der Waals surface area (Å²) in [5.41, 5.74) is 1.21. The summed E-state index contributed by atoms with van der Waals surface area (Å²) in [4.78, 5) is 11.5. The van der Waals surface area contributed by atoms with Crippen molar-refractivity contribution in [2.24, 2.45) is 0 Å². The van der Waals surface area contributed by atoms with E-state index in [2.05, 4.69) is 9.46 Å². The third-order valence-electron chi connectivity index (χ3n) is 3.49. The second-order valence-corrected chi connectivity index (χ2v) is 6.72. The van der Waals surface area contributed by atoms with E-state index in [1.165, 1.54) is 31.4 Å². The SMILES string of the molecule is CCC(NS(=O)(=O)c1ccc(C(=O)OC)cc1)c1ccccc1. The highest BCUT2D eigenvalue weighted by atomic mass is 32.2. The molecule has 0 aliphatic carbocycles. The van der Waals surface area contributed by atoms with Crippen molar-refractivity contribution in [1.82, 2.24) is 4.72 Å². The molecule has 0 aliphatic heterocycles. The first-order valence-electron chi connectivity index (χ1n) is 7.23. The van der Waals surface area contributed by atoms with Crippen LogP contribution in [0.2, 0.25) is 0 Å². The van der Waals surface area contributed by atoms with Gasteiger partial charge in [-0.05, 0) is 36.2 Å². The molecule has 0 radical (unpaired) electrons. The Kier molecular flexibility index (Phi) is 5.52. The zero-order chi connectivity index (χ0) is 16.9. The molecule has 0 aromatic heterocycles. The van der Waals surface area contributed by atoms with Crippen molar-refractivity contribution in [1.29, 1.82) is 0 Å². The van der Waals surface area contributed by atoms with Crippen LogP contribution in [-0.4, -0.2) is 21.5 Å².